The van der Waals surface area contributed by atoms with Crippen LogP contribution in [-0.2, 0) is 6.61 Å². The van der Waals surface area contributed by atoms with Crippen molar-refractivity contribution in [3.63, 3.8) is 0 Å². The average Bonchev–Trinajstić information content (AvgIpc) is 3.45. The molecule has 0 bridgehead atoms. The van der Waals surface area contributed by atoms with Crippen molar-refractivity contribution >= 4 is 33.1 Å². The number of fused-ring (bicyclic) bond motifs is 1. The second-order valence-corrected chi connectivity index (χ2v) is 8.66. The summed E-state index contributed by atoms with van der Waals surface area (Å²) in [5.41, 5.74) is 3.39. The predicted octanol–water partition coefficient (Wildman–Crippen LogP) is 5.63. The number of benzene rings is 2. The maximum atomic E-state index is 13.1. The van der Waals surface area contributed by atoms with Gasteiger partial charge < -0.3 is 14.8 Å². The number of pyridine rings is 1. The number of nitrogens with zero attached hydrogens (tertiary/aromatic N) is 3. The molecule has 1 N–H and O–H groups in total. The Kier molecular flexibility index (Phi) is 5.97. The zero-order chi connectivity index (χ0) is 23.5. The monoisotopic (exact) mass is 470 g/mol. The van der Waals surface area contributed by atoms with E-state index in [-0.39, 0.29) is 5.91 Å². The van der Waals surface area contributed by atoms with Crippen LogP contribution in [0.25, 0.3) is 15.9 Å². The van der Waals surface area contributed by atoms with E-state index in [1.807, 2.05) is 60.1 Å². The van der Waals surface area contributed by atoms with Gasteiger partial charge in [-0.1, -0.05) is 24.3 Å². The number of hydrogen-bond donors (Lipinski definition) is 1. The molecule has 34 heavy (non-hydrogen) atoms. The van der Waals surface area contributed by atoms with Crippen LogP contribution in [0.1, 0.15) is 20.9 Å². The Morgan fingerprint density at radius 3 is 2.68 bits per heavy atom. The fourth-order valence-corrected chi connectivity index (χ4v) is 4.69. The van der Waals surface area contributed by atoms with Crippen LogP contribution in [-0.4, -0.2) is 27.8 Å². The maximum absolute atomic E-state index is 13.1. The lowest BCUT2D eigenvalue weighted by Gasteiger charge is -2.13. The standard InChI is InChI=1S/C26H22N4O3S/c1-17-21-14-24(34-26(21)30(29-17)20-8-4-3-5-9-20)25(31)28-19-10-11-22(32-2)23(13-19)33-16-18-7-6-12-27-15-18/h3-15H,16H2,1-2H3,(H,28,31). The van der Waals surface area contributed by atoms with Gasteiger partial charge in [0.2, 0.25) is 0 Å². The van der Waals surface area contributed by atoms with Gasteiger partial charge in [0.1, 0.15) is 11.4 Å². The van der Waals surface area contributed by atoms with Crippen molar-refractivity contribution < 1.29 is 14.3 Å². The van der Waals surface area contributed by atoms with Crippen LogP contribution in [0.4, 0.5) is 5.69 Å². The Hall–Kier alpha value is -4.17. The highest BCUT2D eigenvalue weighted by Gasteiger charge is 2.18. The number of anilines is 1. The summed E-state index contributed by atoms with van der Waals surface area (Å²) in [7, 11) is 1.58. The third kappa shape index (κ3) is 4.35. The van der Waals surface area contributed by atoms with Gasteiger partial charge in [0.15, 0.2) is 11.5 Å². The van der Waals surface area contributed by atoms with Crippen LogP contribution in [0.2, 0.25) is 0 Å². The normalized spacial score (nSPS) is 10.9. The van der Waals surface area contributed by atoms with Gasteiger partial charge in [-0.2, -0.15) is 5.10 Å². The minimum Gasteiger partial charge on any atom is -0.493 e. The summed E-state index contributed by atoms with van der Waals surface area (Å²) in [5.74, 6) is 0.932. The molecule has 0 aliphatic rings. The number of aromatic nitrogens is 3. The Bertz CT molecular complexity index is 1450. The van der Waals surface area contributed by atoms with Crippen molar-refractivity contribution in [2.75, 3.05) is 12.4 Å². The molecule has 3 aromatic heterocycles. The fourth-order valence-electron chi connectivity index (χ4n) is 3.61. The Labute approximate surface area is 200 Å². The van der Waals surface area contributed by atoms with Crippen LogP contribution < -0.4 is 14.8 Å². The number of ether oxygens (including phenoxy) is 2. The zero-order valence-corrected chi connectivity index (χ0v) is 19.5. The van der Waals surface area contributed by atoms with Gasteiger partial charge in [-0.05, 0) is 43.3 Å². The van der Waals surface area contributed by atoms with Gasteiger partial charge in [0, 0.05) is 35.1 Å². The highest BCUT2D eigenvalue weighted by molar-refractivity contribution is 7.20. The molecule has 5 rings (SSSR count). The van der Waals surface area contributed by atoms with Gasteiger partial charge in [-0.15, -0.1) is 11.3 Å². The number of rotatable bonds is 7. The van der Waals surface area contributed by atoms with Crippen molar-refractivity contribution in [1.82, 2.24) is 14.8 Å². The van der Waals surface area contributed by atoms with E-state index in [1.165, 1.54) is 11.3 Å². The molecular weight excluding hydrogens is 448 g/mol. The number of thiophene rings is 1. The molecule has 0 radical (unpaired) electrons. The SMILES string of the molecule is COc1ccc(NC(=O)c2cc3c(C)nn(-c4ccccc4)c3s2)cc1OCc1cccnc1. The van der Waals surface area contributed by atoms with Crippen molar-refractivity contribution in [1.29, 1.82) is 0 Å². The van der Waals surface area contributed by atoms with Crippen molar-refractivity contribution in [2.45, 2.75) is 13.5 Å². The first kappa shape index (κ1) is 21.7. The van der Waals surface area contributed by atoms with Crippen molar-refractivity contribution in [3.05, 3.63) is 95.3 Å². The van der Waals surface area contributed by atoms with E-state index >= 15 is 0 Å². The summed E-state index contributed by atoms with van der Waals surface area (Å²) in [6.07, 6.45) is 3.46. The minimum absolute atomic E-state index is 0.191. The van der Waals surface area contributed by atoms with Crippen LogP contribution in [0, 0.1) is 6.92 Å². The fraction of sp³-hybridized carbons (Fsp3) is 0.115. The smallest absolute Gasteiger partial charge is 0.265 e. The molecular formula is C26H22N4O3S. The van der Waals surface area contributed by atoms with E-state index in [0.717, 1.165) is 27.2 Å². The summed E-state index contributed by atoms with van der Waals surface area (Å²) in [4.78, 5) is 18.7. The van der Waals surface area contributed by atoms with E-state index in [4.69, 9.17) is 9.47 Å². The van der Waals surface area contributed by atoms with E-state index in [9.17, 15) is 4.79 Å². The minimum atomic E-state index is -0.191. The molecule has 8 heteroatoms. The van der Waals surface area contributed by atoms with Crippen LogP contribution in [0.5, 0.6) is 11.5 Å². The predicted molar refractivity (Wildman–Crippen MR) is 133 cm³/mol. The zero-order valence-electron chi connectivity index (χ0n) is 18.7. The van der Waals surface area contributed by atoms with Gasteiger partial charge in [-0.3, -0.25) is 9.78 Å². The van der Waals surface area contributed by atoms with Crippen LogP contribution in [0.3, 0.4) is 0 Å². The number of methoxy groups -OCH3 is 1. The number of nitrogens with one attached hydrogen (secondary N) is 1. The molecule has 0 atom stereocenters. The second-order valence-electron chi connectivity index (χ2n) is 7.63. The highest BCUT2D eigenvalue weighted by atomic mass is 32.1. The molecule has 170 valence electrons. The number of aryl methyl sites for hydroxylation is 1. The quantitative estimate of drug-likeness (QED) is 0.334. The van der Waals surface area contributed by atoms with Gasteiger partial charge in [0.05, 0.1) is 23.4 Å². The molecule has 3 heterocycles. The second kappa shape index (κ2) is 9.36. The topological polar surface area (TPSA) is 78.3 Å². The molecule has 0 aliphatic heterocycles. The Morgan fingerprint density at radius 1 is 1.06 bits per heavy atom. The van der Waals surface area contributed by atoms with E-state index < -0.39 is 0 Å². The number of carbonyl (C=O) groups is 1. The first-order valence-corrected chi connectivity index (χ1v) is 11.5. The first-order chi connectivity index (χ1) is 16.6. The summed E-state index contributed by atoms with van der Waals surface area (Å²) < 4.78 is 13.2. The lowest BCUT2D eigenvalue weighted by atomic mass is 10.2. The van der Waals surface area contributed by atoms with Gasteiger partial charge in [0.25, 0.3) is 5.91 Å². The Balaban J connectivity index is 1.38. The maximum Gasteiger partial charge on any atom is 0.265 e. The molecule has 1 amide bonds. The first-order valence-electron chi connectivity index (χ1n) is 10.7. The molecule has 0 fully saturated rings. The molecule has 0 saturated carbocycles. The van der Waals surface area contributed by atoms with Gasteiger partial charge >= 0.3 is 0 Å². The van der Waals surface area contributed by atoms with E-state index in [0.29, 0.717) is 28.7 Å². The summed E-state index contributed by atoms with van der Waals surface area (Å²) in [5, 5.41) is 8.58. The summed E-state index contributed by atoms with van der Waals surface area (Å²) in [6, 6.07) is 20.9. The number of para-hydroxylation sites is 1. The Morgan fingerprint density at radius 2 is 1.91 bits per heavy atom. The summed E-state index contributed by atoms with van der Waals surface area (Å²) in [6.45, 7) is 2.29. The van der Waals surface area contributed by atoms with Crippen LogP contribution >= 0.6 is 11.3 Å². The largest absolute Gasteiger partial charge is 0.493 e. The molecule has 0 spiro atoms. The number of amides is 1. The molecule has 0 unspecified atom stereocenters. The van der Waals surface area contributed by atoms with Crippen molar-refractivity contribution in [2.24, 2.45) is 0 Å². The molecule has 0 aliphatic carbocycles. The average molecular weight is 471 g/mol. The number of carbonyl (C=O) groups excluding carboxylic acids is 1. The van der Waals surface area contributed by atoms with Crippen molar-refractivity contribution in [3.8, 4) is 17.2 Å². The van der Waals surface area contributed by atoms with E-state index in [1.54, 1.807) is 37.7 Å². The molecule has 7 nitrogen and oxygen atoms in total. The number of hydrogen-bond acceptors (Lipinski definition) is 6. The lowest BCUT2D eigenvalue weighted by Crippen LogP contribution is -2.10. The molecule has 0 saturated heterocycles. The van der Waals surface area contributed by atoms with Crippen LogP contribution in [0.15, 0.2) is 79.1 Å². The highest BCUT2D eigenvalue weighted by Crippen LogP contribution is 2.33. The molecule has 2 aromatic carbocycles. The third-order valence-corrected chi connectivity index (χ3v) is 6.42. The third-order valence-electron chi connectivity index (χ3n) is 5.31. The van der Waals surface area contributed by atoms with E-state index in [2.05, 4.69) is 15.4 Å². The summed E-state index contributed by atoms with van der Waals surface area (Å²) >= 11 is 1.41. The van der Waals surface area contributed by atoms with Gasteiger partial charge in [-0.25, -0.2) is 4.68 Å². The lowest BCUT2D eigenvalue weighted by molar-refractivity contribution is 0.103. The molecule has 5 aromatic rings.